The second-order valence-corrected chi connectivity index (χ2v) is 9.54. The highest BCUT2D eigenvalue weighted by Gasteiger charge is 2.26. The highest BCUT2D eigenvalue weighted by molar-refractivity contribution is 5.94. The fourth-order valence-corrected chi connectivity index (χ4v) is 5.33. The monoisotopic (exact) mass is 433 g/mol. The van der Waals surface area contributed by atoms with Gasteiger partial charge in [0, 0.05) is 75.7 Å². The average Bonchev–Trinajstić information content (AvgIpc) is 3.40. The van der Waals surface area contributed by atoms with Crippen molar-refractivity contribution >= 4 is 11.7 Å². The number of aromatic nitrogens is 1. The summed E-state index contributed by atoms with van der Waals surface area (Å²) in [6, 6.07) is 13.1. The van der Waals surface area contributed by atoms with Crippen LogP contribution in [0.15, 0.2) is 42.6 Å². The minimum atomic E-state index is 0.134. The first kappa shape index (κ1) is 21.4. The molecule has 32 heavy (non-hydrogen) atoms. The molecule has 3 aliphatic rings. The second-order valence-electron chi connectivity index (χ2n) is 9.54. The van der Waals surface area contributed by atoms with Crippen molar-refractivity contribution in [3.63, 3.8) is 0 Å². The van der Waals surface area contributed by atoms with Gasteiger partial charge in [-0.05, 0) is 49.7 Å². The SMILES string of the molecule is CN1CCN(C(=O)c2ccc(-c3ccc(N4CCN(C5CCCC5)CC4)nc3)cc2)CC1. The molecule has 0 bridgehead atoms. The predicted octanol–water partition coefficient (Wildman–Crippen LogP) is 3.20. The molecular formula is C26H35N5O. The topological polar surface area (TPSA) is 42.9 Å². The van der Waals surface area contributed by atoms with Gasteiger partial charge < -0.3 is 14.7 Å². The average molecular weight is 434 g/mol. The number of amides is 1. The van der Waals surface area contributed by atoms with Crippen molar-refractivity contribution in [1.82, 2.24) is 19.7 Å². The first-order valence-electron chi connectivity index (χ1n) is 12.2. The molecule has 3 heterocycles. The molecule has 170 valence electrons. The van der Waals surface area contributed by atoms with Gasteiger partial charge in [0.05, 0.1) is 0 Å². The van der Waals surface area contributed by atoms with E-state index in [1.54, 1.807) is 0 Å². The van der Waals surface area contributed by atoms with Gasteiger partial charge >= 0.3 is 0 Å². The lowest BCUT2D eigenvalue weighted by Gasteiger charge is -2.38. The fraction of sp³-hybridized carbons (Fsp3) is 0.538. The summed E-state index contributed by atoms with van der Waals surface area (Å²) in [6.07, 6.45) is 7.53. The van der Waals surface area contributed by atoms with Crippen LogP contribution in [-0.2, 0) is 0 Å². The molecule has 1 saturated carbocycles. The number of hydrogen-bond donors (Lipinski definition) is 0. The third-order valence-electron chi connectivity index (χ3n) is 7.48. The van der Waals surface area contributed by atoms with Gasteiger partial charge in [-0.25, -0.2) is 4.98 Å². The van der Waals surface area contributed by atoms with E-state index >= 15 is 0 Å². The molecular weight excluding hydrogens is 398 g/mol. The number of rotatable bonds is 4. The van der Waals surface area contributed by atoms with E-state index in [0.717, 1.165) is 80.9 Å². The molecule has 0 N–H and O–H groups in total. The largest absolute Gasteiger partial charge is 0.354 e. The van der Waals surface area contributed by atoms with E-state index in [1.807, 2.05) is 35.4 Å². The highest BCUT2D eigenvalue weighted by atomic mass is 16.2. The van der Waals surface area contributed by atoms with E-state index in [1.165, 1.54) is 25.7 Å². The molecule has 1 aromatic carbocycles. The van der Waals surface area contributed by atoms with Crippen molar-refractivity contribution in [3.05, 3.63) is 48.2 Å². The molecule has 2 aromatic rings. The zero-order valence-electron chi connectivity index (χ0n) is 19.2. The van der Waals surface area contributed by atoms with E-state index in [4.69, 9.17) is 4.98 Å². The molecule has 5 rings (SSSR count). The number of anilines is 1. The molecule has 1 amide bonds. The van der Waals surface area contributed by atoms with Gasteiger partial charge in [0.15, 0.2) is 0 Å². The third-order valence-corrected chi connectivity index (χ3v) is 7.48. The van der Waals surface area contributed by atoms with Gasteiger partial charge in [-0.1, -0.05) is 25.0 Å². The van der Waals surface area contributed by atoms with Crippen LogP contribution in [-0.4, -0.2) is 91.0 Å². The number of pyridine rings is 1. The maximum atomic E-state index is 12.8. The lowest BCUT2D eigenvalue weighted by atomic mass is 10.0. The standard InChI is InChI=1S/C26H35N5O/c1-28-12-14-31(15-13-28)26(32)22-8-6-21(7-9-22)23-10-11-25(27-20-23)30-18-16-29(17-19-30)24-4-2-3-5-24/h6-11,20,24H,2-5,12-19H2,1H3. The lowest BCUT2D eigenvalue weighted by molar-refractivity contribution is 0.0664. The van der Waals surface area contributed by atoms with Gasteiger partial charge in [0.2, 0.25) is 0 Å². The second kappa shape index (κ2) is 9.59. The summed E-state index contributed by atoms with van der Waals surface area (Å²) >= 11 is 0. The lowest BCUT2D eigenvalue weighted by Crippen LogP contribution is -2.49. The Morgan fingerprint density at radius 1 is 0.812 bits per heavy atom. The van der Waals surface area contributed by atoms with Gasteiger partial charge in [-0.2, -0.15) is 0 Å². The fourth-order valence-electron chi connectivity index (χ4n) is 5.33. The smallest absolute Gasteiger partial charge is 0.253 e. The van der Waals surface area contributed by atoms with Crippen molar-refractivity contribution in [1.29, 1.82) is 0 Å². The minimum Gasteiger partial charge on any atom is -0.354 e. The molecule has 2 saturated heterocycles. The number of hydrogen-bond acceptors (Lipinski definition) is 5. The van der Waals surface area contributed by atoms with E-state index in [0.29, 0.717) is 0 Å². The van der Waals surface area contributed by atoms with Gasteiger partial charge in [-0.3, -0.25) is 9.69 Å². The molecule has 0 atom stereocenters. The van der Waals surface area contributed by atoms with Crippen LogP contribution in [0.25, 0.3) is 11.1 Å². The van der Waals surface area contributed by atoms with Crippen LogP contribution in [0.2, 0.25) is 0 Å². The Morgan fingerprint density at radius 3 is 2.09 bits per heavy atom. The minimum absolute atomic E-state index is 0.134. The summed E-state index contributed by atoms with van der Waals surface area (Å²) in [4.78, 5) is 26.8. The number of nitrogens with zero attached hydrogens (tertiary/aromatic N) is 5. The Hall–Kier alpha value is -2.44. The zero-order chi connectivity index (χ0) is 21.9. The highest BCUT2D eigenvalue weighted by Crippen LogP contribution is 2.26. The first-order chi connectivity index (χ1) is 15.7. The first-order valence-corrected chi connectivity index (χ1v) is 12.2. The van der Waals surface area contributed by atoms with Crippen molar-refractivity contribution < 1.29 is 4.79 Å². The number of carbonyl (C=O) groups excluding carboxylic acids is 1. The van der Waals surface area contributed by atoms with Crippen LogP contribution in [0.4, 0.5) is 5.82 Å². The third kappa shape index (κ3) is 4.66. The molecule has 6 nitrogen and oxygen atoms in total. The predicted molar refractivity (Wildman–Crippen MR) is 129 cm³/mol. The van der Waals surface area contributed by atoms with Crippen LogP contribution in [0.5, 0.6) is 0 Å². The Bertz CT molecular complexity index is 891. The van der Waals surface area contributed by atoms with E-state index < -0.39 is 0 Å². The van der Waals surface area contributed by atoms with Crippen molar-refractivity contribution in [3.8, 4) is 11.1 Å². The van der Waals surface area contributed by atoms with Crippen LogP contribution in [0.1, 0.15) is 36.0 Å². The Kier molecular flexibility index (Phi) is 6.42. The Labute approximate surface area is 191 Å². The quantitative estimate of drug-likeness (QED) is 0.741. The van der Waals surface area contributed by atoms with Gasteiger partial charge in [-0.15, -0.1) is 0 Å². The van der Waals surface area contributed by atoms with Gasteiger partial charge in [0.1, 0.15) is 5.82 Å². The van der Waals surface area contributed by atoms with E-state index in [-0.39, 0.29) is 5.91 Å². The zero-order valence-corrected chi connectivity index (χ0v) is 19.2. The molecule has 6 heteroatoms. The number of piperazine rings is 2. The maximum Gasteiger partial charge on any atom is 0.253 e. The van der Waals surface area contributed by atoms with Crippen molar-refractivity contribution in [2.24, 2.45) is 0 Å². The summed E-state index contributed by atoms with van der Waals surface area (Å²) in [5.74, 6) is 1.21. The normalized spacial score (nSPS) is 21.3. The maximum absolute atomic E-state index is 12.8. The summed E-state index contributed by atoms with van der Waals surface area (Å²) in [7, 11) is 2.10. The van der Waals surface area contributed by atoms with Crippen LogP contribution >= 0.6 is 0 Å². The van der Waals surface area contributed by atoms with E-state index in [2.05, 4.69) is 33.9 Å². The van der Waals surface area contributed by atoms with Crippen LogP contribution < -0.4 is 4.90 Å². The summed E-state index contributed by atoms with van der Waals surface area (Å²) in [5, 5.41) is 0. The Balaban J connectivity index is 1.18. The molecule has 0 unspecified atom stereocenters. The molecule has 0 spiro atoms. The molecule has 1 aliphatic carbocycles. The van der Waals surface area contributed by atoms with Crippen LogP contribution in [0, 0.1) is 0 Å². The van der Waals surface area contributed by atoms with Crippen molar-refractivity contribution in [2.45, 2.75) is 31.7 Å². The Morgan fingerprint density at radius 2 is 1.47 bits per heavy atom. The summed E-state index contributed by atoms with van der Waals surface area (Å²) in [6.45, 7) is 7.91. The molecule has 0 radical (unpaired) electrons. The van der Waals surface area contributed by atoms with Crippen molar-refractivity contribution in [2.75, 3.05) is 64.3 Å². The summed E-state index contributed by atoms with van der Waals surface area (Å²) < 4.78 is 0. The molecule has 1 aromatic heterocycles. The number of benzene rings is 1. The van der Waals surface area contributed by atoms with Crippen LogP contribution in [0.3, 0.4) is 0 Å². The summed E-state index contributed by atoms with van der Waals surface area (Å²) in [5.41, 5.74) is 2.96. The number of carbonyl (C=O) groups is 1. The van der Waals surface area contributed by atoms with E-state index in [9.17, 15) is 4.79 Å². The molecule has 3 fully saturated rings. The van der Waals surface area contributed by atoms with Gasteiger partial charge in [0.25, 0.3) is 5.91 Å². The number of likely N-dealkylation sites (N-methyl/N-ethyl adjacent to an activating group) is 1. The molecule has 2 aliphatic heterocycles.